The van der Waals surface area contributed by atoms with Crippen molar-refractivity contribution in [1.82, 2.24) is 0 Å². The van der Waals surface area contributed by atoms with E-state index in [1.165, 1.54) is 0 Å². The van der Waals surface area contributed by atoms with Crippen LogP contribution < -0.4 is 0 Å². The van der Waals surface area contributed by atoms with Gasteiger partial charge in [-0.1, -0.05) is 26.8 Å². The Morgan fingerprint density at radius 1 is 1.42 bits per heavy atom. The molecule has 0 aliphatic rings. The molecule has 2 nitrogen and oxygen atoms in total. The van der Waals surface area contributed by atoms with Gasteiger partial charge in [0, 0.05) is 0 Å². The van der Waals surface area contributed by atoms with Crippen molar-refractivity contribution in [2.45, 2.75) is 40.2 Å². The van der Waals surface area contributed by atoms with Gasteiger partial charge in [-0.2, -0.15) is 0 Å². The molecule has 0 fully saturated rings. The third-order valence-electron chi connectivity index (χ3n) is 2.07. The number of aliphatic hydroxyl groups excluding tert-OH is 2. The first-order chi connectivity index (χ1) is 5.41. The lowest BCUT2D eigenvalue weighted by Gasteiger charge is -2.26. The minimum atomic E-state index is -0.379. The zero-order chi connectivity index (χ0) is 9.78. The Hall–Kier alpha value is -0.340. The Labute approximate surface area is 74.9 Å². The molecule has 0 aliphatic carbocycles. The van der Waals surface area contributed by atoms with E-state index in [1.54, 1.807) is 0 Å². The van der Waals surface area contributed by atoms with E-state index in [4.69, 9.17) is 5.11 Å². The van der Waals surface area contributed by atoms with Crippen LogP contribution >= 0.6 is 0 Å². The molecule has 0 bridgehead atoms. The van der Waals surface area contributed by atoms with Crippen molar-refractivity contribution in [2.24, 2.45) is 5.41 Å². The van der Waals surface area contributed by atoms with Gasteiger partial charge in [0.15, 0.2) is 0 Å². The van der Waals surface area contributed by atoms with Crippen molar-refractivity contribution in [3.05, 3.63) is 11.6 Å². The molecule has 2 N–H and O–H groups in total. The second-order valence-electron chi connectivity index (χ2n) is 4.19. The first-order valence-corrected chi connectivity index (χ1v) is 4.34. The van der Waals surface area contributed by atoms with Crippen LogP contribution in [0.15, 0.2) is 11.6 Å². The third-order valence-corrected chi connectivity index (χ3v) is 2.07. The SMILES string of the molecule is C/C=C(/CO)CC(O)C(C)(C)C. The van der Waals surface area contributed by atoms with Gasteiger partial charge in [-0.15, -0.1) is 0 Å². The van der Waals surface area contributed by atoms with Gasteiger partial charge in [0.25, 0.3) is 0 Å². The van der Waals surface area contributed by atoms with Crippen molar-refractivity contribution in [3.8, 4) is 0 Å². The van der Waals surface area contributed by atoms with E-state index in [9.17, 15) is 5.11 Å². The van der Waals surface area contributed by atoms with Crippen LogP contribution in [-0.2, 0) is 0 Å². The van der Waals surface area contributed by atoms with E-state index < -0.39 is 0 Å². The average Bonchev–Trinajstić information content (AvgIpc) is 1.97. The van der Waals surface area contributed by atoms with Crippen molar-refractivity contribution in [3.63, 3.8) is 0 Å². The van der Waals surface area contributed by atoms with Gasteiger partial charge in [-0.05, 0) is 24.3 Å². The number of hydrogen-bond donors (Lipinski definition) is 2. The summed E-state index contributed by atoms with van der Waals surface area (Å²) in [5.74, 6) is 0. The largest absolute Gasteiger partial charge is 0.392 e. The second kappa shape index (κ2) is 4.63. The lowest BCUT2D eigenvalue weighted by molar-refractivity contribution is 0.0612. The highest BCUT2D eigenvalue weighted by atomic mass is 16.3. The van der Waals surface area contributed by atoms with E-state index in [-0.39, 0.29) is 18.1 Å². The molecule has 0 amide bonds. The molecule has 0 saturated heterocycles. The number of aliphatic hydroxyl groups is 2. The molecule has 1 unspecified atom stereocenters. The number of rotatable bonds is 3. The summed E-state index contributed by atoms with van der Waals surface area (Å²) in [6.07, 6.45) is 2.04. The predicted octanol–water partition coefficient (Wildman–Crippen LogP) is 1.72. The van der Waals surface area contributed by atoms with E-state index in [0.717, 1.165) is 5.57 Å². The van der Waals surface area contributed by atoms with E-state index >= 15 is 0 Å². The van der Waals surface area contributed by atoms with Crippen LogP contribution in [-0.4, -0.2) is 22.9 Å². The predicted molar refractivity (Wildman–Crippen MR) is 50.9 cm³/mol. The molecule has 0 saturated carbocycles. The summed E-state index contributed by atoms with van der Waals surface area (Å²) in [6, 6.07) is 0. The molecule has 72 valence electrons. The molecule has 1 atom stereocenters. The van der Waals surface area contributed by atoms with Gasteiger partial charge < -0.3 is 10.2 Å². The molecule has 0 rings (SSSR count). The summed E-state index contributed by atoms with van der Waals surface area (Å²) in [4.78, 5) is 0. The molecule has 2 heteroatoms. The van der Waals surface area contributed by atoms with Crippen LogP contribution in [0.1, 0.15) is 34.1 Å². The fourth-order valence-electron chi connectivity index (χ4n) is 0.828. The molecule has 0 aromatic carbocycles. The molecule has 0 radical (unpaired) electrons. The van der Waals surface area contributed by atoms with Crippen LogP contribution in [0.4, 0.5) is 0 Å². The summed E-state index contributed by atoms with van der Waals surface area (Å²) in [6.45, 7) is 7.89. The monoisotopic (exact) mass is 172 g/mol. The van der Waals surface area contributed by atoms with Gasteiger partial charge >= 0.3 is 0 Å². The van der Waals surface area contributed by atoms with Gasteiger partial charge in [0.1, 0.15) is 0 Å². The van der Waals surface area contributed by atoms with E-state index in [1.807, 2.05) is 33.8 Å². The van der Waals surface area contributed by atoms with Gasteiger partial charge in [-0.25, -0.2) is 0 Å². The lowest BCUT2D eigenvalue weighted by Crippen LogP contribution is -2.26. The first-order valence-electron chi connectivity index (χ1n) is 4.34. The Bertz CT molecular complexity index is 154. The highest BCUT2D eigenvalue weighted by Gasteiger charge is 2.22. The van der Waals surface area contributed by atoms with Crippen molar-refractivity contribution in [2.75, 3.05) is 6.61 Å². The maximum atomic E-state index is 9.67. The summed E-state index contributed by atoms with van der Waals surface area (Å²) in [7, 11) is 0. The second-order valence-corrected chi connectivity index (χ2v) is 4.19. The van der Waals surface area contributed by atoms with E-state index in [0.29, 0.717) is 6.42 Å². The van der Waals surface area contributed by atoms with Gasteiger partial charge in [-0.3, -0.25) is 0 Å². The average molecular weight is 172 g/mol. The van der Waals surface area contributed by atoms with Crippen molar-refractivity contribution in [1.29, 1.82) is 0 Å². The normalized spacial score (nSPS) is 16.3. The third kappa shape index (κ3) is 3.88. The molecule has 0 aliphatic heterocycles. The first kappa shape index (κ1) is 11.7. The zero-order valence-corrected chi connectivity index (χ0v) is 8.46. The van der Waals surface area contributed by atoms with Crippen LogP contribution in [0, 0.1) is 5.41 Å². The lowest BCUT2D eigenvalue weighted by atomic mass is 9.85. The Morgan fingerprint density at radius 2 is 1.92 bits per heavy atom. The highest BCUT2D eigenvalue weighted by Crippen LogP contribution is 2.23. The van der Waals surface area contributed by atoms with E-state index in [2.05, 4.69) is 0 Å². The molecular weight excluding hydrogens is 152 g/mol. The fraction of sp³-hybridized carbons (Fsp3) is 0.800. The fourth-order valence-corrected chi connectivity index (χ4v) is 0.828. The summed E-state index contributed by atoms with van der Waals surface area (Å²) in [5, 5.41) is 18.5. The summed E-state index contributed by atoms with van der Waals surface area (Å²) < 4.78 is 0. The Balaban J connectivity index is 4.09. The van der Waals surface area contributed by atoms with Crippen molar-refractivity contribution < 1.29 is 10.2 Å². The molecular formula is C10H20O2. The van der Waals surface area contributed by atoms with Crippen LogP contribution in [0.5, 0.6) is 0 Å². The van der Waals surface area contributed by atoms with Crippen LogP contribution in [0.25, 0.3) is 0 Å². The summed E-state index contributed by atoms with van der Waals surface area (Å²) >= 11 is 0. The minimum absolute atomic E-state index is 0.0453. The quantitative estimate of drug-likeness (QED) is 0.636. The number of allylic oxidation sites excluding steroid dienone is 1. The molecule has 12 heavy (non-hydrogen) atoms. The topological polar surface area (TPSA) is 40.5 Å². The molecule has 0 heterocycles. The smallest absolute Gasteiger partial charge is 0.0642 e. The molecule has 0 aromatic rings. The maximum Gasteiger partial charge on any atom is 0.0642 e. The van der Waals surface area contributed by atoms with Crippen LogP contribution in [0.2, 0.25) is 0 Å². The van der Waals surface area contributed by atoms with Crippen molar-refractivity contribution >= 4 is 0 Å². The Morgan fingerprint density at radius 3 is 2.17 bits per heavy atom. The summed E-state index contributed by atoms with van der Waals surface area (Å²) in [5.41, 5.74) is 0.793. The molecule has 0 spiro atoms. The van der Waals surface area contributed by atoms with Gasteiger partial charge in [0.05, 0.1) is 12.7 Å². The van der Waals surface area contributed by atoms with Gasteiger partial charge in [0.2, 0.25) is 0 Å². The molecule has 0 aromatic heterocycles. The zero-order valence-electron chi connectivity index (χ0n) is 8.46. The maximum absolute atomic E-state index is 9.67. The Kier molecular flexibility index (Phi) is 4.50. The minimum Gasteiger partial charge on any atom is -0.392 e. The number of hydrogen-bond acceptors (Lipinski definition) is 2. The standard InChI is InChI=1S/C10H20O2/c1-5-8(7-11)6-9(12)10(2,3)4/h5,9,11-12H,6-7H2,1-4H3/b8-5+. The van der Waals surface area contributed by atoms with Crippen LogP contribution in [0.3, 0.4) is 0 Å². The highest BCUT2D eigenvalue weighted by molar-refractivity contribution is 5.03.